The summed E-state index contributed by atoms with van der Waals surface area (Å²) in [5.41, 5.74) is 9.83. The Bertz CT molecular complexity index is 1050. The first-order valence-corrected chi connectivity index (χ1v) is 12.7. The van der Waals surface area contributed by atoms with E-state index in [1.54, 1.807) is 0 Å². The van der Waals surface area contributed by atoms with Crippen LogP contribution in [0.3, 0.4) is 0 Å². The summed E-state index contributed by atoms with van der Waals surface area (Å²) in [6, 6.07) is 15.7. The van der Waals surface area contributed by atoms with E-state index in [1.807, 2.05) is 24.3 Å². The van der Waals surface area contributed by atoms with Crippen molar-refractivity contribution in [1.82, 2.24) is 10.6 Å². The highest BCUT2D eigenvalue weighted by Gasteiger charge is 2.44. The van der Waals surface area contributed by atoms with Gasteiger partial charge in [0.15, 0.2) is 0 Å². The van der Waals surface area contributed by atoms with Crippen molar-refractivity contribution < 1.29 is 23.9 Å². The van der Waals surface area contributed by atoms with E-state index >= 15 is 0 Å². The molecule has 2 aromatic carbocycles. The molecule has 0 aromatic heterocycles. The Hall–Kier alpha value is -3.39. The van der Waals surface area contributed by atoms with Gasteiger partial charge in [-0.3, -0.25) is 4.79 Å². The number of hydrogen-bond acceptors (Lipinski definition) is 6. The van der Waals surface area contributed by atoms with Crippen LogP contribution in [0.2, 0.25) is 0 Å². The minimum absolute atomic E-state index is 0.0211. The maximum Gasteiger partial charge on any atom is 0.407 e. The molecular formula is C28H35N3O5. The third-order valence-electron chi connectivity index (χ3n) is 7.29. The van der Waals surface area contributed by atoms with E-state index < -0.39 is 23.6 Å². The molecule has 0 bridgehead atoms. The standard InChI is InChI=1S/C28H35N3O5/c1-35-26(33)28(15-7-8-16-28)31-25(32)24(29)14-6-9-17-30-27(34)36-18-23-21-12-4-2-10-19(21)20-11-3-5-13-22(20)23/h2-5,10-13,23-24H,6-9,14-18,29H2,1H3,(H,30,34)(H,31,32)/t24-/m0/s1. The molecule has 0 spiro atoms. The number of esters is 1. The first-order chi connectivity index (χ1) is 17.4. The number of methoxy groups -OCH3 is 1. The lowest BCUT2D eigenvalue weighted by molar-refractivity contribution is -0.151. The molecule has 36 heavy (non-hydrogen) atoms. The number of nitrogens with two attached hydrogens (primary N) is 1. The zero-order chi connectivity index (χ0) is 25.5. The first-order valence-electron chi connectivity index (χ1n) is 12.7. The maximum absolute atomic E-state index is 12.5. The van der Waals surface area contributed by atoms with Crippen molar-refractivity contribution in [3.05, 3.63) is 59.7 Å². The van der Waals surface area contributed by atoms with Gasteiger partial charge in [0.1, 0.15) is 12.1 Å². The molecule has 0 radical (unpaired) electrons. The van der Waals surface area contributed by atoms with Crippen molar-refractivity contribution in [2.45, 2.75) is 62.4 Å². The minimum Gasteiger partial charge on any atom is -0.467 e. The molecular weight excluding hydrogens is 458 g/mol. The SMILES string of the molecule is COC(=O)C1(NC(=O)[C@@H](N)CCCCNC(=O)OCC2c3ccccc3-c3ccccc32)CCCC1. The van der Waals surface area contributed by atoms with Crippen LogP contribution in [0.5, 0.6) is 0 Å². The average Bonchev–Trinajstić information content (AvgIpc) is 3.50. The Labute approximate surface area is 211 Å². The molecule has 1 saturated carbocycles. The molecule has 2 aliphatic rings. The minimum atomic E-state index is -0.949. The topological polar surface area (TPSA) is 120 Å². The van der Waals surface area contributed by atoms with Gasteiger partial charge in [-0.2, -0.15) is 0 Å². The summed E-state index contributed by atoms with van der Waals surface area (Å²) in [7, 11) is 1.33. The Morgan fingerprint density at radius 1 is 1.00 bits per heavy atom. The quantitative estimate of drug-likeness (QED) is 0.343. The van der Waals surface area contributed by atoms with Gasteiger partial charge in [-0.25, -0.2) is 9.59 Å². The molecule has 0 saturated heterocycles. The summed E-state index contributed by atoms with van der Waals surface area (Å²) in [6.07, 6.45) is 4.19. The van der Waals surface area contributed by atoms with Gasteiger partial charge in [0, 0.05) is 12.5 Å². The second-order valence-electron chi connectivity index (χ2n) is 9.62. The van der Waals surface area contributed by atoms with E-state index in [1.165, 1.54) is 29.4 Å². The van der Waals surface area contributed by atoms with E-state index in [4.69, 9.17) is 15.2 Å². The summed E-state index contributed by atoms with van der Waals surface area (Å²) in [4.78, 5) is 37.0. The molecule has 8 heteroatoms. The van der Waals surface area contributed by atoms with Crippen LogP contribution in [0, 0.1) is 0 Å². The Kier molecular flexibility index (Phi) is 8.25. The van der Waals surface area contributed by atoms with Gasteiger partial charge in [0.05, 0.1) is 13.2 Å². The number of benzene rings is 2. The highest BCUT2D eigenvalue weighted by molar-refractivity contribution is 5.90. The molecule has 2 aromatic rings. The van der Waals surface area contributed by atoms with Crippen LogP contribution in [-0.4, -0.2) is 49.8 Å². The summed E-state index contributed by atoms with van der Waals surface area (Å²) >= 11 is 0. The molecule has 2 amide bonds. The fourth-order valence-corrected chi connectivity index (χ4v) is 5.34. The number of fused-ring (bicyclic) bond motifs is 3. The number of hydrogen-bond donors (Lipinski definition) is 3. The second-order valence-corrected chi connectivity index (χ2v) is 9.62. The lowest BCUT2D eigenvalue weighted by Crippen LogP contribution is -2.57. The Morgan fingerprint density at radius 3 is 2.22 bits per heavy atom. The number of carbonyl (C=O) groups is 3. The normalized spacial score (nSPS) is 16.5. The second kappa shape index (κ2) is 11.6. The maximum atomic E-state index is 12.5. The van der Waals surface area contributed by atoms with E-state index in [-0.39, 0.29) is 18.4 Å². The van der Waals surface area contributed by atoms with Crippen LogP contribution >= 0.6 is 0 Å². The van der Waals surface area contributed by atoms with E-state index in [9.17, 15) is 14.4 Å². The van der Waals surface area contributed by atoms with Crippen molar-refractivity contribution in [3.8, 4) is 11.1 Å². The van der Waals surface area contributed by atoms with E-state index in [2.05, 4.69) is 34.9 Å². The zero-order valence-electron chi connectivity index (χ0n) is 20.8. The molecule has 4 rings (SSSR count). The van der Waals surface area contributed by atoms with Gasteiger partial charge in [0.2, 0.25) is 5.91 Å². The van der Waals surface area contributed by atoms with Gasteiger partial charge in [0.25, 0.3) is 0 Å². The fraction of sp³-hybridized carbons (Fsp3) is 0.464. The largest absolute Gasteiger partial charge is 0.467 e. The fourth-order valence-electron chi connectivity index (χ4n) is 5.34. The number of amides is 2. The van der Waals surface area contributed by atoms with Crippen molar-refractivity contribution in [2.75, 3.05) is 20.3 Å². The molecule has 0 unspecified atom stereocenters. The van der Waals surface area contributed by atoms with Crippen LogP contribution in [-0.2, 0) is 19.1 Å². The lowest BCUT2D eigenvalue weighted by Gasteiger charge is -2.28. The summed E-state index contributed by atoms with van der Waals surface area (Å²) in [5.74, 6) is -0.729. The highest BCUT2D eigenvalue weighted by Crippen LogP contribution is 2.44. The third-order valence-corrected chi connectivity index (χ3v) is 7.29. The van der Waals surface area contributed by atoms with Gasteiger partial charge in [-0.1, -0.05) is 61.4 Å². The highest BCUT2D eigenvalue weighted by atomic mass is 16.5. The zero-order valence-corrected chi connectivity index (χ0v) is 20.8. The van der Waals surface area contributed by atoms with Crippen LogP contribution in [0.1, 0.15) is 62.0 Å². The lowest BCUT2D eigenvalue weighted by atomic mass is 9.96. The first kappa shape index (κ1) is 25.7. The van der Waals surface area contributed by atoms with Crippen molar-refractivity contribution in [1.29, 1.82) is 0 Å². The summed E-state index contributed by atoms with van der Waals surface area (Å²) < 4.78 is 10.4. The van der Waals surface area contributed by atoms with E-state index in [0.29, 0.717) is 38.6 Å². The average molecular weight is 494 g/mol. The van der Waals surface area contributed by atoms with Crippen molar-refractivity contribution >= 4 is 18.0 Å². The van der Waals surface area contributed by atoms with Gasteiger partial charge in [-0.05, 0) is 54.4 Å². The van der Waals surface area contributed by atoms with Gasteiger partial charge >= 0.3 is 12.1 Å². The molecule has 1 atom stereocenters. The van der Waals surface area contributed by atoms with Crippen LogP contribution in [0.4, 0.5) is 4.79 Å². The van der Waals surface area contributed by atoms with Gasteiger partial charge < -0.3 is 25.8 Å². The number of carbonyl (C=O) groups excluding carboxylic acids is 3. The van der Waals surface area contributed by atoms with Crippen molar-refractivity contribution in [2.24, 2.45) is 5.73 Å². The van der Waals surface area contributed by atoms with E-state index in [0.717, 1.165) is 12.8 Å². The predicted octanol–water partition coefficient (Wildman–Crippen LogP) is 3.62. The number of alkyl carbamates (subject to hydrolysis) is 1. The number of nitrogens with one attached hydrogen (secondary N) is 2. The third kappa shape index (κ3) is 5.54. The molecule has 2 aliphatic carbocycles. The van der Waals surface area contributed by atoms with Gasteiger partial charge in [-0.15, -0.1) is 0 Å². The van der Waals surface area contributed by atoms with Crippen molar-refractivity contribution in [3.63, 3.8) is 0 Å². The number of ether oxygens (including phenoxy) is 2. The molecule has 8 nitrogen and oxygen atoms in total. The van der Waals surface area contributed by atoms with Crippen LogP contribution in [0.15, 0.2) is 48.5 Å². The number of unbranched alkanes of at least 4 members (excludes halogenated alkanes) is 1. The van der Waals surface area contributed by atoms with Crippen LogP contribution in [0.25, 0.3) is 11.1 Å². The molecule has 4 N–H and O–H groups in total. The summed E-state index contributed by atoms with van der Waals surface area (Å²) in [5, 5.41) is 5.61. The number of rotatable bonds is 10. The monoisotopic (exact) mass is 493 g/mol. The molecule has 0 heterocycles. The molecule has 1 fully saturated rings. The molecule has 0 aliphatic heterocycles. The molecule has 192 valence electrons. The summed E-state index contributed by atoms with van der Waals surface area (Å²) in [6.45, 7) is 0.698. The Morgan fingerprint density at radius 2 is 1.61 bits per heavy atom. The van der Waals surface area contributed by atoms with Crippen LogP contribution < -0.4 is 16.4 Å². The predicted molar refractivity (Wildman–Crippen MR) is 136 cm³/mol. The smallest absolute Gasteiger partial charge is 0.407 e. The Balaban J connectivity index is 1.16.